The quantitative estimate of drug-likeness (QED) is 0.401. The number of rotatable bonds is 9. The molecule has 154 valence electrons. The molecule has 0 atom stereocenters. The first-order chi connectivity index (χ1) is 13.9. The monoisotopic (exact) mass is 481 g/mol. The molecule has 0 bridgehead atoms. The summed E-state index contributed by atoms with van der Waals surface area (Å²) < 4.78 is 15.9. The molecule has 0 aliphatic heterocycles. The van der Waals surface area contributed by atoms with E-state index in [1.807, 2.05) is 12.1 Å². The molecule has 0 N–H and O–H groups in total. The number of halogens is 1. The highest BCUT2D eigenvalue weighted by molar-refractivity contribution is 9.11. The van der Waals surface area contributed by atoms with Gasteiger partial charge in [0.05, 0.1) is 35.7 Å². The van der Waals surface area contributed by atoms with E-state index in [0.717, 1.165) is 8.66 Å². The Bertz CT molecular complexity index is 876. The Hall–Kier alpha value is -2.65. The van der Waals surface area contributed by atoms with Gasteiger partial charge in [-0.3, -0.25) is 4.79 Å². The molecule has 1 aromatic heterocycles. The van der Waals surface area contributed by atoms with Crippen LogP contribution in [-0.4, -0.2) is 50.1 Å². The van der Waals surface area contributed by atoms with Crippen molar-refractivity contribution < 1.29 is 28.6 Å². The summed E-state index contributed by atoms with van der Waals surface area (Å²) in [5.74, 6) is -1.36. The van der Waals surface area contributed by atoms with Gasteiger partial charge in [-0.25, -0.2) is 9.59 Å². The Labute approximate surface area is 181 Å². The molecule has 1 aromatic carbocycles. The lowest BCUT2D eigenvalue weighted by Crippen LogP contribution is -2.34. The van der Waals surface area contributed by atoms with Crippen molar-refractivity contribution in [3.8, 4) is 5.75 Å². The van der Waals surface area contributed by atoms with E-state index in [1.54, 1.807) is 11.0 Å². The van der Waals surface area contributed by atoms with E-state index in [1.165, 1.54) is 43.8 Å². The zero-order chi connectivity index (χ0) is 21.4. The number of methoxy groups -OCH3 is 2. The molecule has 7 nitrogen and oxygen atoms in total. The number of ether oxygens (including phenoxy) is 3. The van der Waals surface area contributed by atoms with Crippen LogP contribution in [0.5, 0.6) is 5.75 Å². The standard InChI is InChI=1S/C20H20BrNO6S/c1-4-7-22(11-16-5-6-17(21)29-16)18(23)12-28-15-9-13(19(24)26-2)8-14(10-15)20(25)27-3/h4-6,8-10H,1,7,11-12H2,2-3H3. The number of nitrogens with zero attached hydrogens (tertiary/aromatic N) is 1. The largest absolute Gasteiger partial charge is 0.484 e. The number of carbonyl (C=O) groups is 3. The maximum Gasteiger partial charge on any atom is 0.338 e. The van der Waals surface area contributed by atoms with E-state index in [9.17, 15) is 14.4 Å². The summed E-state index contributed by atoms with van der Waals surface area (Å²) in [5, 5.41) is 0. The fourth-order valence-corrected chi connectivity index (χ4v) is 3.92. The van der Waals surface area contributed by atoms with Gasteiger partial charge in [0.25, 0.3) is 5.91 Å². The molecule has 0 aliphatic rings. The van der Waals surface area contributed by atoms with Crippen LogP contribution in [0, 0.1) is 0 Å². The van der Waals surface area contributed by atoms with Crippen LogP contribution >= 0.6 is 27.3 Å². The summed E-state index contributed by atoms with van der Waals surface area (Å²) in [7, 11) is 2.46. The van der Waals surface area contributed by atoms with Crippen LogP contribution in [0.1, 0.15) is 25.6 Å². The molecule has 1 amide bonds. The van der Waals surface area contributed by atoms with Crippen molar-refractivity contribution in [2.24, 2.45) is 0 Å². The number of amides is 1. The maximum absolute atomic E-state index is 12.6. The molecule has 0 saturated heterocycles. The number of hydrogen-bond donors (Lipinski definition) is 0. The molecule has 2 aromatic rings. The van der Waals surface area contributed by atoms with Crippen LogP contribution in [0.15, 0.2) is 46.8 Å². The van der Waals surface area contributed by atoms with E-state index >= 15 is 0 Å². The molecule has 29 heavy (non-hydrogen) atoms. The van der Waals surface area contributed by atoms with Gasteiger partial charge in [-0.05, 0) is 46.3 Å². The Balaban J connectivity index is 2.14. The number of esters is 2. The third kappa shape index (κ3) is 6.43. The molecule has 2 rings (SSSR count). The fraction of sp³-hybridized carbons (Fsp3) is 0.250. The lowest BCUT2D eigenvalue weighted by atomic mass is 10.1. The first-order valence-corrected chi connectivity index (χ1v) is 10.1. The van der Waals surface area contributed by atoms with Gasteiger partial charge in [0.1, 0.15) is 5.75 Å². The van der Waals surface area contributed by atoms with Crippen LogP contribution < -0.4 is 4.74 Å². The summed E-state index contributed by atoms with van der Waals surface area (Å²) in [6.45, 7) is 4.18. The SMILES string of the molecule is C=CCN(Cc1ccc(Br)s1)C(=O)COc1cc(C(=O)OC)cc(C(=O)OC)c1. The first-order valence-electron chi connectivity index (χ1n) is 8.45. The van der Waals surface area contributed by atoms with Gasteiger partial charge in [-0.2, -0.15) is 0 Å². The van der Waals surface area contributed by atoms with Gasteiger partial charge in [-0.1, -0.05) is 6.08 Å². The van der Waals surface area contributed by atoms with Crippen LogP contribution in [0.4, 0.5) is 0 Å². The normalized spacial score (nSPS) is 10.2. The smallest absolute Gasteiger partial charge is 0.338 e. The minimum atomic E-state index is -0.636. The molecular weight excluding hydrogens is 462 g/mol. The van der Waals surface area contributed by atoms with Gasteiger partial charge in [0, 0.05) is 11.4 Å². The van der Waals surface area contributed by atoms with Crippen molar-refractivity contribution in [3.63, 3.8) is 0 Å². The molecule has 0 unspecified atom stereocenters. The van der Waals surface area contributed by atoms with Crippen molar-refractivity contribution in [2.45, 2.75) is 6.54 Å². The molecular formula is C20H20BrNO6S. The zero-order valence-electron chi connectivity index (χ0n) is 16.0. The van der Waals surface area contributed by atoms with Crippen LogP contribution in [0.2, 0.25) is 0 Å². The number of benzene rings is 1. The lowest BCUT2D eigenvalue weighted by Gasteiger charge is -2.20. The average Bonchev–Trinajstić information content (AvgIpc) is 3.14. The zero-order valence-corrected chi connectivity index (χ0v) is 18.4. The van der Waals surface area contributed by atoms with E-state index in [0.29, 0.717) is 13.1 Å². The Morgan fingerprint density at radius 2 is 1.72 bits per heavy atom. The van der Waals surface area contributed by atoms with Crippen molar-refractivity contribution >= 4 is 45.1 Å². The number of thiophene rings is 1. The predicted octanol–water partition coefficient (Wildman–Crippen LogP) is 3.68. The van der Waals surface area contributed by atoms with E-state index in [4.69, 9.17) is 4.74 Å². The molecule has 0 saturated carbocycles. The Morgan fingerprint density at radius 1 is 1.10 bits per heavy atom. The maximum atomic E-state index is 12.6. The third-order valence-corrected chi connectivity index (χ3v) is 5.40. The minimum absolute atomic E-state index is 0.115. The summed E-state index contributed by atoms with van der Waals surface area (Å²) >= 11 is 4.94. The van der Waals surface area contributed by atoms with Crippen molar-refractivity contribution in [3.05, 3.63) is 62.8 Å². The lowest BCUT2D eigenvalue weighted by molar-refractivity contribution is -0.133. The number of carbonyl (C=O) groups excluding carboxylic acids is 3. The predicted molar refractivity (Wildman–Crippen MR) is 112 cm³/mol. The van der Waals surface area contributed by atoms with Gasteiger partial charge < -0.3 is 19.1 Å². The van der Waals surface area contributed by atoms with Crippen LogP contribution in [-0.2, 0) is 20.8 Å². The third-order valence-electron chi connectivity index (χ3n) is 3.79. The first kappa shape index (κ1) is 22.6. The molecule has 0 fully saturated rings. The van der Waals surface area contributed by atoms with Crippen molar-refractivity contribution in [1.29, 1.82) is 0 Å². The summed E-state index contributed by atoms with van der Waals surface area (Å²) in [4.78, 5) is 38.9. The van der Waals surface area contributed by atoms with Gasteiger partial charge in [0.15, 0.2) is 6.61 Å². The molecule has 9 heteroatoms. The summed E-state index contributed by atoms with van der Waals surface area (Å²) in [5.41, 5.74) is 0.230. The Kier molecular flexibility index (Phi) is 8.41. The topological polar surface area (TPSA) is 82.1 Å². The molecule has 1 heterocycles. The average molecular weight is 482 g/mol. The van der Waals surface area contributed by atoms with E-state index in [2.05, 4.69) is 32.0 Å². The van der Waals surface area contributed by atoms with Crippen LogP contribution in [0.3, 0.4) is 0 Å². The van der Waals surface area contributed by atoms with E-state index < -0.39 is 11.9 Å². The second-order valence-electron chi connectivity index (χ2n) is 5.79. The van der Waals surface area contributed by atoms with E-state index in [-0.39, 0.29) is 29.4 Å². The molecule has 0 aliphatic carbocycles. The molecule has 0 spiro atoms. The van der Waals surface area contributed by atoms with Crippen molar-refractivity contribution in [2.75, 3.05) is 27.4 Å². The van der Waals surface area contributed by atoms with Gasteiger partial charge in [-0.15, -0.1) is 17.9 Å². The second kappa shape index (κ2) is 10.8. The fourth-order valence-electron chi connectivity index (χ4n) is 2.43. The highest BCUT2D eigenvalue weighted by Gasteiger charge is 2.17. The van der Waals surface area contributed by atoms with Crippen molar-refractivity contribution in [1.82, 2.24) is 4.90 Å². The summed E-state index contributed by atoms with van der Waals surface area (Å²) in [6.07, 6.45) is 1.63. The van der Waals surface area contributed by atoms with Gasteiger partial charge >= 0.3 is 11.9 Å². The Morgan fingerprint density at radius 3 is 2.21 bits per heavy atom. The highest BCUT2D eigenvalue weighted by Crippen LogP contribution is 2.24. The van der Waals surface area contributed by atoms with Gasteiger partial charge in [0.2, 0.25) is 0 Å². The van der Waals surface area contributed by atoms with Crippen LogP contribution in [0.25, 0.3) is 0 Å². The summed E-state index contributed by atoms with van der Waals surface area (Å²) in [6, 6.07) is 7.99. The number of hydrogen-bond acceptors (Lipinski definition) is 7. The second-order valence-corrected chi connectivity index (χ2v) is 8.33. The molecule has 0 radical (unpaired) electrons. The highest BCUT2D eigenvalue weighted by atomic mass is 79.9. The minimum Gasteiger partial charge on any atom is -0.484 e.